The van der Waals surface area contributed by atoms with Crippen molar-refractivity contribution in [2.24, 2.45) is 0 Å². The number of rotatable bonds is 3. The van der Waals surface area contributed by atoms with Crippen LogP contribution in [0.5, 0.6) is 5.75 Å². The number of carbonyl (C=O) groups excluding carboxylic acids is 1. The number of halogens is 3. The summed E-state index contributed by atoms with van der Waals surface area (Å²) < 4.78 is 41.4. The summed E-state index contributed by atoms with van der Waals surface area (Å²) in [6.07, 6.45) is 0.450. The van der Waals surface area contributed by atoms with E-state index in [9.17, 15) is 17.7 Å². The van der Waals surface area contributed by atoms with Crippen molar-refractivity contribution in [2.45, 2.75) is 0 Å². The van der Waals surface area contributed by atoms with Crippen molar-refractivity contribution in [3.63, 3.8) is 0 Å². The van der Waals surface area contributed by atoms with E-state index in [2.05, 4.69) is 4.74 Å². The van der Waals surface area contributed by atoms with Gasteiger partial charge in [0.25, 0.3) is 0 Å². The Morgan fingerprint density at radius 2 is 1.93 bits per heavy atom. The molecule has 0 N–H and O–H groups in total. The number of ether oxygens (including phenoxy) is 1. The zero-order chi connectivity index (χ0) is 10.8. The molecule has 2 nitrogen and oxygen atoms in total. The summed E-state index contributed by atoms with van der Waals surface area (Å²) in [6.45, 7) is -5.05. The minimum atomic E-state index is -5.05. The Hall–Kier alpha value is 0.181. The zero-order valence-electron chi connectivity index (χ0n) is 8.34. The number of methoxy groups -OCH3 is 1. The average Bonchev–Trinajstić information content (AvgIpc) is 2.15. The topological polar surface area (TPSA) is 26.3 Å². The molecule has 0 aliphatic rings. The van der Waals surface area contributed by atoms with Crippen LogP contribution in [0.3, 0.4) is 0 Å². The zero-order valence-corrected chi connectivity index (χ0v) is 11.5. The fourth-order valence-corrected chi connectivity index (χ4v) is 1.03. The van der Waals surface area contributed by atoms with Gasteiger partial charge in [0.05, 0.1) is 12.7 Å². The molecule has 0 saturated carbocycles. The molecule has 0 heterocycles. The van der Waals surface area contributed by atoms with E-state index in [4.69, 9.17) is 0 Å². The van der Waals surface area contributed by atoms with Crippen LogP contribution < -0.4 is 61.6 Å². The molecule has 0 atom stereocenters. The monoisotopic (exact) mass is 242 g/mol. The van der Waals surface area contributed by atoms with Crippen molar-refractivity contribution >= 4 is 18.7 Å². The predicted octanol–water partition coefficient (Wildman–Crippen LogP) is -1.43. The van der Waals surface area contributed by atoms with Crippen LogP contribution in [0.15, 0.2) is 18.2 Å². The second-order valence-electron chi connectivity index (χ2n) is 2.69. The van der Waals surface area contributed by atoms with Crippen LogP contribution in [-0.2, 0) is 0 Å². The third kappa shape index (κ3) is 3.92. The maximum absolute atomic E-state index is 12.3. The second kappa shape index (κ2) is 6.05. The average molecular weight is 242 g/mol. The van der Waals surface area contributed by atoms with Crippen molar-refractivity contribution in [1.82, 2.24) is 0 Å². The summed E-state index contributed by atoms with van der Waals surface area (Å²) in [5.41, 5.74) is -0.663. The first-order chi connectivity index (χ1) is 6.49. The van der Waals surface area contributed by atoms with Gasteiger partial charge in [-0.15, -0.1) is 5.46 Å². The molecule has 0 amide bonds. The molecule has 0 aliphatic heterocycles. The van der Waals surface area contributed by atoms with Gasteiger partial charge in [0.15, 0.2) is 6.29 Å². The van der Waals surface area contributed by atoms with Gasteiger partial charge < -0.3 is 17.7 Å². The number of carbonyl (C=O) groups is 1. The molecular weight excluding hydrogens is 235 g/mol. The van der Waals surface area contributed by atoms with Gasteiger partial charge in [-0.2, -0.15) is 0 Å². The van der Waals surface area contributed by atoms with Crippen molar-refractivity contribution in [3.05, 3.63) is 23.8 Å². The molecule has 0 spiro atoms. The van der Waals surface area contributed by atoms with Gasteiger partial charge in [0.1, 0.15) is 5.75 Å². The van der Waals surface area contributed by atoms with Gasteiger partial charge in [-0.25, -0.2) is 0 Å². The maximum Gasteiger partial charge on any atom is 1.00 e. The van der Waals surface area contributed by atoms with Crippen LogP contribution in [0, 0.1) is 0 Å². The second-order valence-corrected chi connectivity index (χ2v) is 2.69. The number of benzene rings is 1. The van der Waals surface area contributed by atoms with Crippen LogP contribution in [0.25, 0.3) is 0 Å². The fraction of sp³-hybridized carbons (Fsp3) is 0.125. The standard InChI is InChI=1S/C8H7BF3O2.K/c1-14-8-4-7(9(10,11)12)3-2-6(8)5-13;/h2-5H,1H3;/q-1;+1. The van der Waals surface area contributed by atoms with Crippen LogP contribution in [0.4, 0.5) is 12.9 Å². The molecule has 0 unspecified atom stereocenters. The first kappa shape index (κ1) is 15.2. The van der Waals surface area contributed by atoms with Gasteiger partial charge in [-0.3, -0.25) is 4.79 Å². The molecule has 0 saturated heterocycles. The van der Waals surface area contributed by atoms with Crippen LogP contribution in [-0.4, -0.2) is 20.4 Å². The molecule has 0 bridgehead atoms. The predicted molar refractivity (Wildman–Crippen MR) is 47.1 cm³/mol. The molecule has 0 radical (unpaired) electrons. The van der Waals surface area contributed by atoms with E-state index in [1.807, 2.05) is 0 Å². The van der Waals surface area contributed by atoms with E-state index in [0.29, 0.717) is 6.29 Å². The van der Waals surface area contributed by atoms with E-state index in [1.165, 1.54) is 7.11 Å². The molecule has 1 aromatic rings. The minimum absolute atomic E-state index is 0. The third-order valence-corrected chi connectivity index (χ3v) is 1.76. The Kier molecular flexibility index (Phi) is 6.12. The summed E-state index contributed by atoms with van der Waals surface area (Å²) >= 11 is 0. The van der Waals surface area contributed by atoms with Gasteiger partial charge in [-0.05, 0) is 6.07 Å². The third-order valence-electron chi connectivity index (χ3n) is 1.76. The minimum Gasteiger partial charge on any atom is -0.496 e. The smallest absolute Gasteiger partial charge is 0.496 e. The van der Waals surface area contributed by atoms with E-state index in [0.717, 1.165) is 18.2 Å². The van der Waals surface area contributed by atoms with Gasteiger partial charge >= 0.3 is 58.4 Å². The largest absolute Gasteiger partial charge is 1.00 e. The normalized spacial score (nSPS) is 10.4. The van der Waals surface area contributed by atoms with E-state index >= 15 is 0 Å². The Bertz CT molecular complexity index is 354. The first-order valence-electron chi connectivity index (χ1n) is 3.82. The van der Waals surface area contributed by atoms with Crippen molar-refractivity contribution < 1.29 is 73.9 Å². The molecule has 76 valence electrons. The first-order valence-corrected chi connectivity index (χ1v) is 3.82. The molecule has 0 aliphatic carbocycles. The van der Waals surface area contributed by atoms with Gasteiger partial charge in [-0.1, -0.05) is 12.1 Å². The molecule has 7 heteroatoms. The summed E-state index contributed by atoms with van der Waals surface area (Å²) in [5.74, 6) is -0.0586. The molecule has 0 aromatic heterocycles. The van der Waals surface area contributed by atoms with Crippen LogP contribution in [0.2, 0.25) is 0 Å². The van der Waals surface area contributed by atoms with E-state index in [-0.39, 0.29) is 62.7 Å². The summed E-state index contributed by atoms with van der Waals surface area (Å²) in [6, 6.07) is 2.78. The molecule has 15 heavy (non-hydrogen) atoms. The van der Waals surface area contributed by atoms with Crippen molar-refractivity contribution in [2.75, 3.05) is 7.11 Å². The number of hydrogen-bond acceptors (Lipinski definition) is 2. The van der Waals surface area contributed by atoms with Crippen LogP contribution >= 0.6 is 0 Å². The summed E-state index contributed by atoms with van der Waals surface area (Å²) in [5, 5.41) is 0. The Labute approximate surface area is 128 Å². The number of hydrogen-bond donors (Lipinski definition) is 0. The van der Waals surface area contributed by atoms with Gasteiger partial charge in [0, 0.05) is 0 Å². The van der Waals surface area contributed by atoms with E-state index in [1.54, 1.807) is 0 Å². The van der Waals surface area contributed by atoms with Crippen LogP contribution in [0.1, 0.15) is 10.4 Å². The molecule has 0 fully saturated rings. The van der Waals surface area contributed by atoms with Gasteiger partial charge in [0.2, 0.25) is 0 Å². The Morgan fingerprint density at radius 1 is 1.33 bits per heavy atom. The van der Waals surface area contributed by atoms with Crippen molar-refractivity contribution in [3.8, 4) is 5.75 Å². The maximum atomic E-state index is 12.3. The molecule has 1 aromatic carbocycles. The Balaban J connectivity index is 0.00000196. The molecule has 1 rings (SSSR count). The SMILES string of the molecule is COc1cc([B-](F)(F)F)ccc1C=O.[K+]. The summed E-state index contributed by atoms with van der Waals surface area (Å²) in [7, 11) is 1.22. The quantitative estimate of drug-likeness (QED) is 0.479. The number of aldehydes is 1. The van der Waals surface area contributed by atoms with Crippen molar-refractivity contribution in [1.29, 1.82) is 0 Å². The fourth-order valence-electron chi connectivity index (χ4n) is 1.03. The molecular formula is C8H7BF3KO2. The Morgan fingerprint density at radius 3 is 2.33 bits per heavy atom. The van der Waals surface area contributed by atoms with E-state index < -0.39 is 12.4 Å². The summed E-state index contributed by atoms with van der Waals surface area (Å²) in [4.78, 5) is 10.4.